The highest BCUT2D eigenvalue weighted by Gasteiger charge is 1.84. The average molecular weight is 267 g/mol. The Morgan fingerprint density at radius 2 is 1.00 bits per heavy atom. The normalized spacial score (nSPS) is 6.89. The summed E-state index contributed by atoms with van der Waals surface area (Å²) in [7, 11) is 0. The first-order valence-corrected chi connectivity index (χ1v) is 4.84. The third-order valence-electron chi connectivity index (χ3n) is 0.496. The molecule has 0 rings (SSSR count). The predicted molar refractivity (Wildman–Crippen MR) is 64.0 cm³/mol. The summed E-state index contributed by atoms with van der Waals surface area (Å²) in [5.74, 6) is -2.71. The van der Waals surface area contributed by atoms with Crippen LogP contribution in [0.5, 0.6) is 0 Å². The molecule has 0 spiro atoms. The number of carboxylic acid groups (broad SMARTS) is 3. The second-order valence-corrected chi connectivity index (χ2v) is 2.77. The van der Waals surface area contributed by atoms with E-state index in [4.69, 9.17) is 35.4 Å². The lowest BCUT2D eigenvalue weighted by atomic mass is 10.3. The highest BCUT2D eigenvalue weighted by molar-refractivity contribution is 5.73. The van der Waals surface area contributed by atoms with E-state index in [0.717, 1.165) is 27.2 Å². The van der Waals surface area contributed by atoms with Crippen molar-refractivity contribution in [3.63, 3.8) is 0 Å². The maximum atomic E-state index is 9.82. The molecule has 0 aliphatic heterocycles. The molecule has 0 radical (unpaired) electrons. The Hall–Kier alpha value is -2.12. The number of amides is 1. The van der Waals surface area contributed by atoms with Gasteiger partial charge in [0.05, 0.1) is 0 Å². The summed E-state index contributed by atoms with van der Waals surface area (Å²) in [6.45, 7) is 5.17. The van der Waals surface area contributed by atoms with Gasteiger partial charge in [-0.05, 0) is 6.42 Å². The SMILES string of the molecule is CC(=O)O.CC(=O)O.CC(=O)O.CCCC(N)=O. The van der Waals surface area contributed by atoms with Gasteiger partial charge in [-0.1, -0.05) is 6.92 Å². The van der Waals surface area contributed by atoms with E-state index in [9.17, 15) is 4.79 Å². The molecule has 8 nitrogen and oxygen atoms in total. The second-order valence-electron chi connectivity index (χ2n) is 2.77. The molecule has 1 amide bonds. The molecule has 0 atom stereocenters. The molecule has 0 unspecified atom stereocenters. The fraction of sp³-hybridized carbons (Fsp3) is 0.600. The fourth-order valence-corrected chi connectivity index (χ4v) is 0.246. The van der Waals surface area contributed by atoms with Gasteiger partial charge in [0.25, 0.3) is 17.9 Å². The van der Waals surface area contributed by atoms with Gasteiger partial charge in [0, 0.05) is 27.2 Å². The van der Waals surface area contributed by atoms with Gasteiger partial charge in [-0.15, -0.1) is 0 Å². The van der Waals surface area contributed by atoms with Gasteiger partial charge in [-0.3, -0.25) is 19.2 Å². The molecular weight excluding hydrogens is 246 g/mol. The van der Waals surface area contributed by atoms with Crippen LogP contribution in [0.2, 0.25) is 0 Å². The first-order valence-electron chi connectivity index (χ1n) is 4.84. The summed E-state index contributed by atoms with van der Waals surface area (Å²) in [6.07, 6.45) is 1.37. The molecule has 0 aromatic rings. The topological polar surface area (TPSA) is 155 Å². The van der Waals surface area contributed by atoms with E-state index in [0.29, 0.717) is 6.42 Å². The summed E-state index contributed by atoms with van der Waals surface area (Å²) < 4.78 is 0. The van der Waals surface area contributed by atoms with Crippen LogP contribution in [0.1, 0.15) is 40.5 Å². The van der Waals surface area contributed by atoms with Gasteiger partial charge < -0.3 is 21.1 Å². The van der Waals surface area contributed by atoms with E-state index in [2.05, 4.69) is 0 Å². The first-order chi connectivity index (χ1) is 7.97. The molecule has 108 valence electrons. The monoisotopic (exact) mass is 267 g/mol. The molecule has 0 heterocycles. The first kappa shape index (κ1) is 24.9. The lowest BCUT2D eigenvalue weighted by molar-refractivity contribution is -0.135. The summed E-state index contributed by atoms with van der Waals surface area (Å²) >= 11 is 0. The molecule has 8 heteroatoms. The minimum Gasteiger partial charge on any atom is -0.481 e. The Morgan fingerprint density at radius 3 is 1.00 bits per heavy atom. The van der Waals surface area contributed by atoms with Crippen LogP contribution < -0.4 is 5.73 Å². The van der Waals surface area contributed by atoms with Crippen LogP contribution in [0.4, 0.5) is 0 Å². The Kier molecular flexibility index (Phi) is 28.1. The largest absolute Gasteiger partial charge is 0.481 e. The number of rotatable bonds is 2. The van der Waals surface area contributed by atoms with E-state index in [1.54, 1.807) is 0 Å². The number of aliphatic carboxylic acids is 3. The van der Waals surface area contributed by atoms with Crippen LogP contribution in [0, 0.1) is 0 Å². The molecule has 0 aromatic heterocycles. The number of carbonyl (C=O) groups excluding carboxylic acids is 1. The van der Waals surface area contributed by atoms with E-state index in [-0.39, 0.29) is 5.91 Å². The smallest absolute Gasteiger partial charge is 0.300 e. The van der Waals surface area contributed by atoms with Crippen LogP contribution in [0.3, 0.4) is 0 Å². The third-order valence-corrected chi connectivity index (χ3v) is 0.496. The van der Waals surface area contributed by atoms with Crippen LogP contribution in [-0.2, 0) is 19.2 Å². The van der Waals surface area contributed by atoms with Crippen molar-refractivity contribution >= 4 is 23.8 Å². The molecule has 0 bridgehead atoms. The zero-order valence-corrected chi connectivity index (χ0v) is 11.0. The summed E-state index contributed by atoms with van der Waals surface area (Å²) in [5.41, 5.74) is 4.76. The molecule has 5 N–H and O–H groups in total. The molecule has 0 saturated heterocycles. The Balaban J connectivity index is -0.0000000742. The number of hydrogen-bond acceptors (Lipinski definition) is 4. The number of nitrogens with two attached hydrogens (primary N) is 1. The maximum Gasteiger partial charge on any atom is 0.300 e. The number of primary amides is 1. The Morgan fingerprint density at radius 1 is 0.833 bits per heavy atom. The van der Waals surface area contributed by atoms with Gasteiger partial charge in [-0.2, -0.15) is 0 Å². The van der Waals surface area contributed by atoms with Gasteiger partial charge in [-0.25, -0.2) is 0 Å². The minimum absolute atomic E-state index is 0.211. The molecule has 0 saturated carbocycles. The van der Waals surface area contributed by atoms with Gasteiger partial charge in [0.1, 0.15) is 0 Å². The predicted octanol–water partition coefficient (Wildman–Crippen LogP) is 0.545. The van der Waals surface area contributed by atoms with Crippen molar-refractivity contribution in [3.05, 3.63) is 0 Å². The third kappa shape index (κ3) is 2970. The van der Waals surface area contributed by atoms with Gasteiger partial charge >= 0.3 is 0 Å². The zero-order chi connectivity index (χ0) is 15.7. The minimum atomic E-state index is -0.833. The number of carbonyl (C=O) groups is 4. The maximum absolute atomic E-state index is 9.82. The van der Waals surface area contributed by atoms with Crippen LogP contribution in [0.25, 0.3) is 0 Å². The van der Waals surface area contributed by atoms with Crippen LogP contribution >= 0.6 is 0 Å². The van der Waals surface area contributed by atoms with E-state index < -0.39 is 17.9 Å². The van der Waals surface area contributed by atoms with E-state index in [1.807, 2.05) is 6.92 Å². The van der Waals surface area contributed by atoms with Crippen LogP contribution in [0.15, 0.2) is 0 Å². The number of hydrogen-bond donors (Lipinski definition) is 4. The highest BCUT2D eigenvalue weighted by atomic mass is 16.4. The molecule has 18 heavy (non-hydrogen) atoms. The Bertz CT molecular complexity index is 210. The standard InChI is InChI=1S/C4H9NO.3C2H4O2/c1-2-3-4(5)6;3*1-2(3)4/h2-3H2,1H3,(H2,5,6);3*1H3,(H,3,4). The van der Waals surface area contributed by atoms with Crippen molar-refractivity contribution in [3.8, 4) is 0 Å². The summed E-state index contributed by atoms with van der Waals surface area (Å²) in [4.78, 5) is 36.8. The molecule has 0 aliphatic carbocycles. The highest BCUT2D eigenvalue weighted by Crippen LogP contribution is 1.79. The van der Waals surface area contributed by atoms with Gasteiger partial charge in [0.15, 0.2) is 0 Å². The van der Waals surface area contributed by atoms with Crippen molar-refractivity contribution < 1.29 is 34.5 Å². The van der Waals surface area contributed by atoms with Crippen molar-refractivity contribution in [2.75, 3.05) is 0 Å². The summed E-state index contributed by atoms with van der Waals surface area (Å²) in [5, 5.41) is 22.2. The lowest BCUT2D eigenvalue weighted by Crippen LogP contribution is -2.08. The van der Waals surface area contributed by atoms with E-state index >= 15 is 0 Å². The Labute approximate surface area is 105 Å². The number of carboxylic acids is 3. The zero-order valence-electron chi connectivity index (χ0n) is 11.0. The fourth-order valence-electron chi connectivity index (χ4n) is 0.246. The second kappa shape index (κ2) is 20.3. The lowest BCUT2D eigenvalue weighted by Gasteiger charge is -1.81. The molecular formula is C10H21NO7. The van der Waals surface area contributed by atoms with E-state index in [1.165, 1.54) is 0 Å². The van der Waals surface area contributed by atoms with Crippen LogP contribution in [-0.4, -0.2) is 39.1 Å². The van der Waals surface area contributed by atoms with Crippen molar-refractivity contribution in [2.45, 2.75) is 40.5 Å². The van der Waals surface area contributed by atoms with Crippen molar-refractivity contribution in [1.82, 2.24) is 0 Å². The average Bonchev–Trinajstić information content (AvgIpc) is 1.98. The molecule has 0 aliphatic rings. The van der Waals surface area contributed by atoms with Crippen molar-refractivity contribution in [2.24, 2.45) is 5.73 Å². The molecule has 0 fully saturated rings. The van der Waals surface area contributed by atoms with Crippen molar-refractivity contribution in [1.29, 1.82) is 0 Å². The quantitative estimate of drug-likeness (QED) is 0.569. The molecule has 0 aromatic carbocycles. The van der Waals surface area contributed by atoms with Gasteiger partial charge in [0.2, 0.25) is 5.91 Å². The summed E-state index contributed by atoms with van der Waals surface area (Å²) in [6, 6.07) is 0.